The second-order valence-electron chi connectivity index (χ2n) is 5.99. The van der Waals surface area contributed by atoms with E-state index in [0.717, 1.165) is 5.69 Å². The lowest BCUT2D eigenvalue weighted by Gasteiger charge is -2.44. The van der Waals surface area contributed by atoms with E-state index in [2.05, 4.69) is 55.2 Å². The summed E-state index contributed by atoms with van der Waals surface area (Å²) in [6.45, 7) is 9.00. The van der Waals surface area contributed by atoms with Crippen molar-refractivity contribution in [3.05, 3.63) is 30.1 Å². The van der Waals surface area contributed by atoms with Gasteiger partial charge in [-0.1, -0.05) is 12.5 Å². The summed E-state index contributed by atoms with van der Waals surface area (Å²) in [5, 5.41) is 2.41. The molecule has 2 rings (SSSR count). The maximum absolute atomic E-state index is 4.48. The third kappa shape index (κ3) is 2.90. The van der Waals surface area contributed by atoms with Gasteiger partial charge < -0.3 is 0 Å². The van der Waals surface area contributed by atoms with Crippen molar-refractivity contribution >= 4 is 0 Å². The van der Waals surface area contributed by atoms with E-state index in [1.165, 1.54) is 19.3 Å². The third-order valence-electron chi connectivity index (χ3n) is 3.91. The second kappa shape index (κ2) is 5.37. The minimum Gasteiger partial charge on any atom is -0.259 e. The molecule has 3 heteroatoms. The molecule has 0 amide bonds. The Morgan fingerprint density at radius 2 is 1.89 bits per heavy atom. The normalized spacial score (nSPS) is 26.2. The van der Waals surface area contributed by atoms with Gasteiger partial charge in [0.1, 0.15) is 0 Å². The lowest BCUT2D eigenvalue weighted by Crippen LogP contribution is -2.58. The number of aromatic nitrogens is 1. The van der Waals surface area contributed by atoms with Crippen molar-refractivity contribution in [2.24, 2.45) is 0 Å². The molecule has 1 aromatic heterocycles. The van der Waals surface area contributed by atoms with Crippen molar-refractivity contribution in [3.63, 3.8) is 0 Å². The first-order chi connectivity index (χ1) is 8.50. The van der Waals surface area contributed by atoms with E-state index in [0.29, 0.717) is 12.1 Å². The van der Waals surface area contributed by atoms with E-state index in [-0.39, 0.29) is 5.54 Å². The number of pyridine rings is 1. The second-order valence-corrected chi connectivity index (χ2v) is 5.99. The molecule has 3 nitrogen and oxygen atoms in total. The molecule has 1 aliphatic rings. The van der Waals surface area contributed by atoms with E-state index in [1.807, 2.05) is 12.3 Å². The Labute approximate surface area is 111 Å². The van der Waals surface area contributed by atoms with E-state index in [1.54, 1.807) is 0 Å². The van der Waals surface area contributed by atoms with Gasteiger partial charge in [-0.05, 0) is 52.7 Å². The first-order valence-electron chi connectivity index (χ1n) is 6.98. The van der Waals surface area contributed by atoms with Gasteiger partial charge in [-0.25, -0.2) is 10.4 Å². The zero-order chi connectivity index (χ0) is 13.2. The van der Waals surface area contributed by atoms with Crippen molar-refractivity contribution < 1.29 is 0 Å². The summed E-state index contributed by atoms with van der Waals surface area (Å²) in [5.74, 6) is 0. The van der Waals surface area contributed by atoms with Crippen LogP contribution in [0.5, 0.6) is 0 Å². The molecule has 1 aromatic rings. The predicted molar refractivity (Wildman–Crippen MR) is 75.0 cm³/mol. The summed E-state index contributed by atoms with van der Waals surface area (Å²) in [4.78, 5) is 4.48. The highest BCUT2D eigenvalue weighted by atomic mass is 15.6. The summed E-state index contributed by atoms with van der Waals surface area (Å²) in [7, 11) is 0. The molecule has 1 fully saturated rings. The van der Waals surface area contributed by atoms with Gasteiger partial charge in [0.15, 0.2) is 0 Å². The van der Waals surface area contributed by atoms with Gasteiger partial charge in [-0.2, -0.15) is 0 Å². The Hall–Kier alpha value is -0.930. The zero-order valence-corrected chi connectivity index (χ0v) is 12.0. The van der Waals surface area contributed by atoms with E-state index < -0.39 is 0 Å². The largest absolute Gasteiger partial charge is 0.259 e. The number of hydrogen-bond donors (Lipinski definition) is 1. The molecule has 0 radical (unpaired) electrons. The number of hydrazine groups is 1. The van der Waals surface area contributed by atoms with Gasteiger partial charge in [0.05, 0.1) is 11.2 Å². The number of hydrogen-bond acceptors (Lipinski definition) is 3. The van der Waals surface area contributed by atoms with Crippen LogP contribution >= 0.6 is 0 Å². The molecule has 0 aliphatic carbocycles. The maximum Gasteiger partial charge on any atom is 0.0689 e. The van der Waals surface area contributed by atoms with Crippen LogP contribution in [0.15, 0.2) is 24.4 Å². The SMILES string of the molecule is C[C@@H]1CCC[C@H](C)N1NC(C)(C)c1ccccn1. The number of nitrogens with zero attached hydrogens (tertiary/aromatic N) is 2. The topological polar surface area (TPSA) is 28.2 Å². The lowest BCUT2D eigenvalue weighted by molar-refractivity contribution is 0.00690. The predicted octanol–water partition coefficient (Wildman–Crippen LogP) is 3.08. The third-order valence-corrected chi connectivity index (χ3v) is 3.91. The van der Waals surface area contributed by atoms with Crippen molar-refractivity contribution in [1.82, 2.24) is 15.4 Å². The molecule has 2 atom stereocenters. The quantitative estimate of drug-likeness (QED) is 0.889. The zero-order valence-electron chi connectivity index (χ0n) is 12.0. The van der Waals surface area contributed by atoms with Crippen LogP contribution in [-0.4, -0.2) is 22.1 Å². The first kappa shape index (κ1) is 13.5. The molecule has 1 N–H and O–H groups in total. The van der Waals surface area contributed by atoms with Crippen LogP contribution in [0.2, 0.25) is 0 Å². The van der Waals surface area contributed by atoms with Crippen molar-refractivity contribution in [1.29, 1.82) is 0 Å². The molecule has 0 bridgehead atoms. The molecule has 18 heavy (non-hydrogen) atoms. The molecule has 0 aromatic carbocycles. The maximum atomic E-state index is 4.48. The molecule has 2 heterocycles. The molecule has 1 aliphatic heterocycles. The summed E-state index contributed by atoms with van der Waals surface area (Å²) < 4.78 is 0. The summed E-state index contributed by atoms with van der Waals surface area (Å²) in [5.41, 5.74) is 4.65. The van der Waals surface area contributed by atoms with Crippen LogP contribution in [0, 0.1) is 0 Å². The van der Waals surface area contributed by atoms with Crippen LogP contribution in [0.4, 0.5) is 0 Å². The highest BCUT2D eigenvalue weighted by Gasteiger charge is 2.31. The van der Waals surface area contributed by atoms with Crippen molar-refractivity contribution in [3.8, 4) is 0 Å². The van der Waals surface area contributed by atoms with Crippen molar-refractivity contribution in [2.45, 2.75) is 64.6 Å². The molecule has 0 spiro atoms. The molecular formula is C15H25N3. The van der Waals surface area contributed by atoms with Gasteiger partial charge in [0.2, 0.25) is 0 Å². The van der Waals surface area contributed by atoms with Gasteiger partial charge in [0.25, 0.3) is 0 Å². The van der Waals surface area contributed by atoms with Crippen molar-refractivity contribution in [2.75, 3.05) is 0 Å². The van der Waals surface area contributed by atoms with Gasteiger partial charge in [0, 0.05) is 18.3 Å². The molecule has 0 unspecified atom stereocenters. The fraction of sp³-hybridized carbons (Fsp3) is 0.667. The Bertz CT molecular complexity index is 365. The first-order valence-corrected chi connectivity index (χ1v) is 6.98. The highest BCUT2D eigenvalue weighted by Crippen LogP contribution is 2.25. The Kier molecular flexibility index (Phi) is 4.03. The van der Waals surface area contributed by atoms with E-state index in [4.69, 9.17) is 0 Å². The fourth-order valence-corrected chi connectivity index (χ4v) is 2.75. The van der Waals surface area contributed by atoms with Crippen LogP contribution in [-0.2, 0) is 5.54 Å². The molecular weight excluding hydrogens is 222 g/mol. The van der Waals surface area contributed by atoms with Crippen LogP contribution in [0.1, 0.15) is 52.7 Å². The number of piperidine rings is 1. The molecule has 0 saturated carbocycles. The van der Waals surface area contributed by atoms with Gasteiger partial charge in [-0.3, -0.25) is 4.98 Å². The van der Waals surface area contributed by atoms with Gasteiger partial charge in [-0.15, -0.1) is 0 Å². The average Bonchev–Trinajstić information content (AvgIpc) is 2.35. The Balaban J connectivity index is 2.12. The lowest BCUT2D eigenvalue weighted by atomic mass is 9.97. The Morgan fingerprint density at radius 1 is 1.22 bits per heavy atom. The van der Waals surface area contributed by atoms with Crippen LogP contribution in [0.3, 0.4) is 0 Å². The standard InChI is InChI=1S/C15H25N3/c1-12-8-7-9-13(2)18(12)17-15(3,4)14-10-5-6-11-16-14/h5-6,10-13,17H,7-9H2,1-4H3/t12-,13+. The van der Waals surface area contributed by atoms with Crippen LogP contribution in [0.25, 0.3) is 0 Å². The minimum atomic E-state index is -0.124. The minimum absolute atomic E-state index is 0.124. The van der Waals surface area contributed by atoms with Crippen LogP contribution < -0.4 is 5.43 Å². The smallest absolute Gasteiger partial charge is 0.0689 e. The average molecular weight is 247 g/mol. The van der Waals surface area contributed by atoms with E-state index >= 15 is 0 Å². The monoisotopic (exact) mass is 247 g/mol. The molecule has 1 saturated heterocycles. The summed E-state index contributed by atoms with van der Waals surface area (Å²) in [6.07, 6.45) is 5.75. The Morgan fingerprint density at radius 3 is 2.44 bits per heavy atom. The summed E-state index contributed by atoms with van der Waals surface area (Å²) >= 11 is 0. The van der Waals surface area contributed by atoms with E-state index in [9.17, 15) is 0 Å². The highest BCUT2D eigenvalue weighted by molar-refractivity contribution is 5.13. The number of nitrogens with one attached hydrogen (secondary N) is 1. The fourth-order valence-electron chi connectivity index (χ4n) is 2.75. The molecule has 100 valence electrons. The van der Waals surface area contributed by atoms with Gasteiger partial charge >= 0.3 is 0 Å². The number of rotatable bonds is 3. The summed E-state index contributed by atoms with van der Waals surface area (Å²) in [6, 6.07) is 7.29.